The molecule has 0 amide bonds. The molecule has 68 valence electrons. The van der Waals surface area contributed by atoms with Crippen molar-refractivity contribution in [3.63, 3.8) is 0 Å². The standard InChI is InChI=1S/C9H21NO/c1-5-6-9(10-4)7-11-8(2)3/h8-10H,5-7H2,1-4H3. The molecule has 1 N–H and O–H groups in total. The van der Waals surface area contributed by atoms with Crippen molar-refractivity contribution < 1.29 is 4.74 Å². The predicted octanol–water partition coefficient (Wildman–Crippen LogP) is 1.80. The van der Waals surface area contributed by atoms with Crippen LogP contribution in [0.4, 0.5) is 0 Å². The van der Waals surface area contributed by atoms with Gasteiger partial charge >= 0.3 is 0 Å². The van der Waals surface area contributed by atoms with Crippen molar-refractivity contribution in [1.29, 1.82) is 0 Å². The minimum Gasteiger partial charge on any atom is -0.377 e. The third kappa shape index (κ3) is 6.32. The largest absolute Gasteiger partial charge is 0.377 e. The first-order valence-electron chi connectivity index (χ1n) is 4.49. The molecule has 1 atom stereocenters. The van der Waals surface area contributed by atoms with Crippen molar-refractivity contribution in [2.24, 2.45) is 0 Å². The fourth-order valence-electron chi connectivity index (χ4n) is 0.968. The van der Waals surface area contributed by atoms with Gasteiger partial charge in [0, 0.05) is 6.04 Å². The van der Waals surface area contributed by atoms with Crippen LogP contribution in [0.2, 0.25) is 0 Å². The van der Waals surface area contributed by atoms with E-state index >= 15 is 0 Å². The average Bonchev–Trinajstić information content (AvgIpc) is 1.97. The summed E-state index contributed by atoms with van der Waals surface area (Å²) in [6, 6.07) is 0.530. The van der Waals surface area contributed by atoms with Gasteiger partial charge < -0.3 is 10.1 Å². The summed E-state index contributed by atoms with van der Waals surface area (Å²) in [6.07, 6.45) is 2.76. The van der Waals surface area contributed by atoms with E-state index in [0.29, 0.717) is 12.1 Å². The van der Waals surface area contributed by atoms with Crippen LogP contribution in [0.15, 0.2) is 0 Å². The first kappa shape index (κ1) is 10.9. The summed E-state index contributed by atoms with van der Waals surface area (Å²) in [6.45, 7) is 7.17. The van der Waals surface area contributed by atoms with Gasteiger partial charge in [0.25, 0.3) is 0 Å². The first-order chi connectivity index (χ1) is 5.20. The van der Waals surface area contributed by atoms with Crippen molar-refractivity contribution in [2.75, 3.05) is 13.7 Å². The Morgan fingerprint density at radius 2 is 2.00 bits per heavy atom. The maximum Gasteiger partial charge on any atom is 0.0622 e. The van der Waals surface area contributed by atoms with E-state index in [4.69, 9.17) is 4.74 Å². The van der Waals surface area contributed by atoms with E-state index in [0.717, 1.165) is 6.61 Å². The molecule has 11 heavy (non-hydrogen) atoms. The molecule has 0 aliphatic carbocycles. The van der Waals surface area contributed by atoms with Crippen LogP contribution in [0.1, 0.15) is 33.6 Å². The smallest absolute Gasteiger partial charge is 0.0622 e. The molecule has 0 rings (SSSR count). The quantitative estimate of drug-likeness (QED) is 0.638. The molecule has 2 heteroatoms. The lowest BCUT2D eigenvalue weighted by molar-refractivity contribution is 0.0609. The van der Waals surface area contributed by atoms with E-state index in [2.05, 4.69) is 26.1 Å². The lowest BCUT2D eigenvalue weighted by Crippen LogP contribution is -2.31. The van der Waals surface area contributed by atoms with Gasteiger partial charge in [-0.25, -0.2) is 0 Å². The molecular formula is C9H21NO. The fraction of sp³-hybridized carbons (Fsp3) is 1.00. The number of rotatable bonds is 6. The van der Waals surface area contributed by atoms with Gasteiger partial charge in [0.15, 0.2) is 0 Å². The summed E-state index contributed by atoms with van der Waals surface area (Å²) in [5, 5.41) is 3.23. The molecule has 0 saturated heterocycles. The summed E-state index contributed by atoms with van der Waals surface area (Å²) in [5.74, 6) is 0. The van der Waals surface area contributed by atoms with Crippen LogP contribution in [-0.2, 0) is 4.74 Å². The van der Waals surface area contributed by atoms with E-state index in [1.54, 1.807) is 0 Å². The molecule has 0 spiro atoms. The van der Waals surface area contributed by atoms with E-state index in [9.17, 15) is 0 Å². The summed E-state index contributed by atoms with van der Waals surface area (Å²) >= 11 is 0. The lowest BCUT2D eigenvalue weighted by atomic mass is 10.2. The van der Waals surface area contributed by atoms with Crippen LogP contribution in [0.3, 0.4) is 0 Å². The van der Waals surface area contributed by atoms with Crippen molar-refractivity contribution in [2.45, 2.75) is 45.8 Å². The van der Waals surface area contributed by atoms with E-state index in [1.165, 1.54) is 12.8 Å². The highest BCUT2D eigenvalue weighted by molar-refractivity contribution is 4.62. The van der Waals surface area contributed by atoms with Crippen LogP contribution in [0.25, 0.3) is 0 Å². The molecule has 2 nitrogen and oxygen atoms in total. The highest BCUT2D eigenvalue weighted by Crippen LogP contribution is 1.98. The van der Waals surface area contributed by atoms with E-state index in [-0.39, 0.29) is 0 Å². The van der Waals surface area contributed by atoms with E-state index < -0.39 is 0 Å². The monoisotopic (exact) mass is 159 g/mol. The predicted molar refractivity (Wildman–Crippen MR) is 48.8 cm³/mol. The number of hydrogen-bond donors (Lipinski definition) is 1. The van der Waals surface area contributed by atoms with Crippen LogP contribution >= 0.6 is 0 Å². The zero-order chi connectivity index (χ0) is 8.69. The summed E-state index contributed by atoms with van der Waals surface area (Å²) < 4.78 is 5.48. The van der Waals surface area contributed by atoms with Crippen LogP contribution in [-0.4, -0.2) is 25.8 Å². The highest BCUT2D eigenvalue weighted by atomic mass is 16.5. The molecule has 0 aromatic carbocycles. The van der Waals surface area contributed by atoms with Crippen LogP contribution < -0.4 is 5.32 Å². The van der Waals surface area contributed by atoms with Gasteiger partial charge in [-0.1, -0.05) is 13.3 Å². The van der Waals surface area contributed by atoms with Gasteiger partial charge in [0.1, 0.15) is 0 Å². The van der Waals surface area contributed by atoms with E-state index in [1.807, 2.05) is 7.05 Å². The first-order valence-corrected chi connectivity index (χ1v) is 4.49. The second kappa shape index (κ2) is 6.62. The van der Waals surface area contributed by atoms with Gasteiger partial charge in [-0.15, -0.1) is 0 Å². The van der Waals surface area contributed by atoms with Crippen molar-refractivity contribution in [3.8, 4) is 0 Å². The molecule has 0 heterocycles. The topological polar surface area (TPSA) is 21.3 Å². The Bertz CT molecular complexity index is 83.6. The zero-order valence-corrected chi connectivity index (χ0v) is 8.18. The number of ether oxygens (including phenoxy) is 1. The molecule has 0 fully saturated rings. The number of nitrogens with one attached hydrogen (secondary N) is 1. The summed E-state index contributed by atoms with van der Waals surface area (Å²) in [4.78, 5) is 0. The third-order valence-corrected chi connectivity index (χ3v) is 1.68. The average molecular weight is 159 g/mol. The SMILES string of the molecule is CCCC(COC(C)C)NC. The molecule has 0 saturated carbocycles. The number of hydrogen-bond acceptors (Lipinski definition) is 2. The Morgan fingerprint density at radius 3 is 2.36 bits per heavy atom. The maximum atomic E-state index is 5.48. The molecule has 1 unspecified atom stereocenters. The van der Waals surface area contributed by atoms with Gasteiger partial charge in [-0.3, -0.25) is 0 Å². The second-order valence-corrected chi connectivity index (χ2v) is 3.16. The maximum absolute atomic E-state index is 5.48. The van der Waals surface area contributed by atoms with Gasteiger partial charge in [0.2, 0.25) is 0 Å². The fourth-order valence-corrected chi connectivity index (χ4v) is 0.968. The molecule has 0 aromatic heterocycles. The molecule has 0 bridgehead atoms. The van der Waals surface area contributed by atoms with Crippen LogP contribution in [0, 0.1) is 0 Å². The summed E-state index contributed by atoms with van der Waals surface area (Å²) in [7, 11) is 1.99. The Kier molecular flexibility index (Phi) is 6.57. The number of likely N-dealkylation sites (N-methyl/N-ethyl adjacent to an activating group) is 1. The third-order valence-electron chi connectivity index (χ3n) is 1.68. The Balaban J connectivity index is 3.35. The van der Waals surface area contributed by atoms with Gasteiger partial charge in [0.05, 0.1) is 12.7 Å². The highest BCUT2D eigenvalue weighted by Gasteiger charge is 2.04. The zero-order valence-electron chi connectivity index (χ0n) is 8.18. The molecule has 0 radical (unpaired) electrons. The van der Waals surface area contributed by atoms with Crippen molar-refractivity contribution in [3.05, 3.63) is 0 Å². The normalized spacial score (nSPS) is 13.9. The Hall–Kier alpha value is -0.0800. The Labute approximate surface area is 70.3 Å². The Morgan fingerprint density at radius 1 is 1.36 bits per heavy atom. The van der Waals surface area contributed by atoms with Crippen molar-refractivity contribution >= 4 is 0 Å². The molecule has 0 aromatic rings. The van der Waals surface area contributed by atoms with Gasteiger partial charge in [-0.05, 0) is 27.3 Å². The molecule has 0 aliphatic heterocycles. The summed E-state index contributed by atoms with van der Waals surface area (Å²) in [5.41, 5.74) is 0. The minimum absolute atomic E-state index is 0.350. The van der Waals surface area contributed by atoms with Crippen molar-refractivity contribution in [1.82, 2.24) is 5.32 Å². The lowest BCUT2D eigenvalue weighted by Gasteiger charge is -2.16. The molecule has 0 aliphatic rings. The van der Waals surface area contributed by atoms with Gasteiger partial charge in [-0.2, -0.15) is 0 Å². The minimum atomic E-state index is 0.350. The second-order valence-electron chi connectivity index (χ2n) is 3.16. The van der Waals surface area contributed by atoms with Crippen LogP contribution in [0.5, 0.6) is 0 Å². The molecular weight excluding hydrogens is 138 g/mol.